The molecule has 182 valence electrons. The van der Waals surface area contributed by atoms with Crippen LogP contribution in [0.1, 0.15) is 18.1 Å². The lowest BCUT2D eigenvalue weighted by Crippen LogP contribution is -2.42. The molecule has 10 heteroatoms. The fourth-order valence-corrected chi connectivity index (χ4v) is 5.68. The van der Waals surface area contributed by atoms with Crippen LogP contribution in [-0.4, -0.2) is 27.9 Å². The molecule has 6 nitrogen and oxygen atoms in total. The number of ether oxygens (including phenoxy) is 2. The Balaban J connectivity index is 1.77. The number of rotatable bonds is 7. The zero-order chi connectivity index (χ0) is 25.3. The van der Waals surface area contributed by atoms with Crippen molar-refractivity contribution in [2.75, 3.05) is 11.4 Å². The predicted octanol–water partition coefficient (Wildman–Crippen LogP) is 5.39. The Hall–Kier alpha value is -3.43. The zero-order valence-corrected chi connectivity index (χ0v) is 20.2. The summed E-state index contributed by atoms with van der Waals surface area (Å²) < 4.78 is 67.1. The molecule has 3 aromatic rings. The van der Waals surface area contributed by atoms with Crippen molar-refractivity contribution in [2.45, 2.75) is 24.5 Å². The second-order valence-electron chi connectivity index (χ2n) is 7.74. The molecule has 1 aliphatic rings. The Morgan fingerprint density at radius 1 is 1.09 bits per heavy atom. The molecule has 0 amide bonds. The Bertz CT molecular complexity index is 1420. The van der Waals surface area contributed by atoms with E-state index in [2.05, 4.69) is 0 Å². The molecule has 0 saturated heterocycles. The van der Waals surface area contributed by atoms with Crippen molar-refractivity contribution in [3.8, 4) is 11.5 Å². The maximum Gasteiger partial charge on any atom is 0.265 e. The number of sulfonamides is 1. The molecule has 0 radical (unpaired) electrons. The van der Waals surface area contributed by atoms with Crippen LogP contribution in [0.25, 0.3) is 6.08 Å². The third-order valence-corrected chi connectivity index (χ3v) is 7.89. The van der Waals surface area contributed by atoms with Gasteiger partial charge in [-0.3, -0.25) is 9.10 Å². The highest BCUT2D eigenvalue weighted by Crippen LogP contribution is 2.39. The minimum atomic E-state index is -4.26. The van der Waals surface area contributed by atoms with E-state index in [0.29, 0.717) is 11.8 Å². The summed E-state index contributed by atoms with van der Waals surface area (Å²) in [5.41, 5.74) is 1.09. The first-order valence-corrected chi connectivity index (χ1v) is 12.2. The van der Waals surface area contributed by atoms with Gasteiger partial charge in [0, 0.05) is 23.3 Å². The fourth-order valence-electron chi connectivity index (χ4n) is 3.78. The van der Waals surface area contributed by atoms with Crippen molar-refractivity contribution in [2.24, 2.45) is 0 Å². The van der Waals surface area contributed by atoms with Gasteiger partial charge in [-0.15, -0.1) is 0 Å². The van der Waals surface area contributed by atoms with E-state index in [-0.39, 0.29) is 44.8 Å². The fraction of sp³-hybridized carbons (Fsp3) is 0.160. The first-order chi connectivity index (χ1) is 16.7. The van der Waals surface area contributed by atoms with E-state index < -0.39 is 27.7 Å². The minimum Gasteiger partial charge on any atom is -0.494 e. The smallest absolute Gasteiger partial charge is 0.265 e. The number of carbonyl (C=O) groups excluding carboxylic acids is 1. The molecule has 0 aliphatic carbocycles. The van der Waals surface area contributed by atoms with Crippen molar-refractivity contribution in [3.05, 3.63) is 88.0 Å². The molecule has 35 heavy (non-hydrogen) atoms. The Labute approximate surface area is 206 Å². The SMILES string of the molecule is COc1cc(S(=O)(=O)N2c3cc(OCc4c(F)cccc4Cl)ccc3C=C(C=O)C2C)ccc1F. The van der Waals surface area contributed by atoms with Gasteiger partial charge >= 0.3 is 0 Å². The lowest BCUT2D eigenvalue weighted by Gasteiger charge is -2.35. The molecule has 1 heterocycles. The van der Waals surface area contributed by atoms with Crippen LogP contribution >= 0.6 is 11.6 Å². The van der Waals surface area contributed by atoms with Crippen molar-refractivity contribution in [1.29, 1.82) is 0 Å². The van der Waals surface area contributed by atoms with Gasteiger partial charge in [0.05, 0.1) is 28.8 Å². The standard InChI is InChI=1S/C25H20ClF2NO5S/c1-15-17(13-30)10-16-6-7-18(34-14-20-21(26)4-3-5-22(20)27)11-24(16)29(15)35(31,32)19-8-9-23(28)25(12-19)33-2/h3-13,15H,14H2,1-2H3. The molecule has 0 aromatic heterocycles. The normalized spacial score (nSPS) is 15.3. The quantitative estimate of drug-likeness (QED) is 0.392. The molecule has 1 atom stereocenters. The van der Waals surface area contributed by atoms with Crippen LogP contribution in [0.15, 0.2) is 65.1 Å². The van der Waals surface area contributed by atoms with Crippen LogP contribution in [0.5, 0.6) is 11.5 Å². The number of methoxy groups -OCH3 is 1. The molecule has 3 aromatic carbocycles. The van der Waals surface area contributed by atoms with Gasteiger partial charge in [-0.25, -0.2) is 17.2 Å². The first-order valence-electron chi connectivity index (χ1n) is 10.4. The van der Waals surface area contributed by atoms with E-state index in [1.54, 1.807) is 25.1 Å². The first kappa shape index (κ1) is 24.7. The van der Waals surface area contributed by atoms with E-state index in [1.165, 1.54) is 31.4 Å². The van der Waals surface area contributed by atoms with Gasteiger partial charge in [-0.05, 0) is 55.0 Å². The summed E-state index contributed by atoms with van der Waals surface area (Å²) in [6.07, 6.45) is 2.17. The van der Waals surface area contributed by atoms with E-state index in [1.807, 2.05) is 0 Å². The van der Waals surface area contributed by atoms with Crippen molar-refractivity contribution >= 4 is 39.7 Å². The van der Waals surface area contributed by atoms with Crippen molar-refractivity contribution in [1.82, 2.24) is 0 Å². The number of hydrogen-bond donors (Lipinski definition) is 0. The molecule has 0 spiro atoms. The summed E-state index contributed by atoms with van der Waals surface area (Å²) in [4.78, 5) is 11.5. The zero-order valence-electron chi connectivity index (χ0n) is 18.7. The van der Waals surface area contributed by atoms with Gasteiger partial charge in [0.2, 0.25) is 0 Å². The van der Waals surface area contributed by atoms with Gasteiger partial charge in [0.15, 0.2) is 11.6 Å². The number of benzene rings is 3. The number of fused-ring (bicyclic) bond motifs is 1. The van der Waals surface area contributed by atoms with Crippen LogP contribution < -0.4 is 13.8 Å². The van der Waals surface area contributed by atoms with Gasteiger partial charge in [-0.2, -0.15) is 0 Å². The topological polar surface area (TPSA) is 72.9 Å². The van der Waals surface area contributed by atoms with Crippen LogP contribution in [0.4, 0.5) is 14.5 Å². The van der Waals surface area contributed by atoms with Crippen LogP contribution in [0, 0.1) is 11.6 Å². The average Bonchev–Trinajstić information content (AvgIpc) is 2.83. The summed E-state index contributed by atoms with van der Waals surface area (Å²) in [7, 11) is -3.04. The van der Waals surface area contributed by atoms with Gasteiger partial charge < -0.3 is 9.47 Å². The third-order valence-electron chi connectivity index (χ3n) is 5.66. The van der Waals surface area contributed by atoms with Crippen LogP contribution in [0.2, 0.25) is 5.02 Å². The Morgan fingerprint density at radius 2 is 1.86 bits per heavy atom. The summed E-state index contributed by atoms with van der Waals surface area (Å²) in [5, 5.41) is 0.199. The van der Waals surface area contributed by atoms with E-state index in [4.69, 9.17) is 21.1 Å². The molecule has 1 unspecified atom stereocenters. The number of hydrogen-bond acceptors (Lipinski definition) is 5. The maximum atomic E-state index is 14.1. The number of aldehydes is 1. The third kappa shape index (κ3) is 4.61. The second kappa shape index (κ2) is 9.67. The number of halogens is 3. The van der Waals surface area contributed by atoms with Gasteiger partial charge in [0.1, 0.15) is 24.5 Å². The average molecular weight is 520 g/mol. The van der Waals surface area contributed by atoms with E-state index in [9.17, 15) is 22.0 Å². The van der Waals surface area contributed by atoms with Crippen LogP contribution in [0.3, 0.4) is 0 Å². The summed E-state index contributed by atoms with van der Waals surface area (Å²) in [5.74, 6) is -1.22. The molecule has 4 rings (SSSR count). The second-order valence-corrected chi connectivity index (χ2v) is 9.97. The molecule has 1 aliphatic heterocycles. The highest BCUT2D eigenvalue weighted by molar-refractivity contribution is 7.92. The molecular formula is C25H20ClF2NO5S. The Kier molecular flexibility index (Phi) is 6.82. The Morgan fingerprint density at radius 3 is 2.54 bits per heavy atom. The maximum absolute atomic E-state index is 14.1. The van der Waals surface area contributed by atoms with E-state index in [0.717, 1.165) is 22.5 Å². The number of nitrogens with zero attached hydrogens (tertiary/aromatic N) is 1. The number of anilines is 1. The molecule has 0 saturated carbocycles. The monoisotopic (exact) mass is 519 g/mol. The van der Waals surface area contributed by atoms with Crippen molar-refractivity contribution in [3.63, 3.8) is 0 Å². The van der Waals surface area contributed by atoms with Crippen molar-refractivity contribution < 1.29 is 31.5 Å². The predicted molar refractivity (Wildman–Crippen MR) is 128 cm³/mol. The highest BCUT2D eigenvalue weighted by atomic mass is 35.5. The lowest BCUT2D eigenvalue weighted by molar-refractivity contribution is -0.105. The van der Waals surface area contributed by atoms with Gasteiger partial charge in [0.25, 0.3) is 10.0 Å². The largest absolute Gasteiger partial charge is 0.494 e. The molecular weight excluding hydrogens is 500 g/mol. The number of carbonyl (C=O) groups is 1. The molecule has 0 fully saturated rings. The summed E-state index contributed by atoms with van der Waals surface area (Å²) in [6, 6.07) is 11.3. The summed E-state index contributed by atoms with van der Waals surface area (Å²) in [6.45, 7) is 1.38. The minimum absolute atomic E-state index is 0.159. The van der Waals surface area contributed by atoms with Gasteiger partial charge in [-0.1, -0.05) is 17.7 Å². The highest BCUT2D eigenvalue weighted by Gasteiger charge is 2.36. The lowest BCUT2D eigenvalue weighted by atomic mass is 9.99. The van der Waals surface area contributed by atoms with Crippen LogP contribution in [-0.2, 0) is 21.4 Å². The summed E-state index contributed by atoms with van der Waals surface area (Å²) >= 11 is 6.06. The molecule has 0 bridgehead atoms. The molecule has 0 N–H and O–H groups in total. The van der Waals surface area contributed by atoms with E-state index >= 15 is 0 Å².